The van der Waals surface area contributed by atoms with E-state index >= 15 is 0 Å². The molecule has 1 aliphatic heterocycles. The first-order valence-corrected chi connectivity index (χ1v) is 5.81. The van der Waals surface area contributed by atoms with Crippen molar-refractivity contribution in [3.05, 3.63) is 11.7 Å². The van der Waals surface area contributed by atoms with E-state index in [1.165, 1.54) is 0 Å². The van der Waals surface area contributed by atoms with Gasteiger partial charge >= 0.3 is 0 Å². The second kappa shape index (κ2) is 5.41. The lowest BCUT2D eigenvalue weighted by molar-refractivity contribution is 0.0352. The molecule has 0 aliphatic carbocycles. The van der Waals surface area contributed by atoms with Gasteiger partial charge in [0.05, 0.1) is 12.7 Å². The van der Waals surface area contributed by atoms with E-state index in [2.05, 4.69) is 17.1 Å². The quantitative estimate of drug-likeness (QED) is 0.767. The number of rotatable bonds is 5. The van der Waals surface area contributed by atoms with Crippen molar-refractivity contribution in [3.8, 4) is 0 Å². The first kappa shape index (κ1) is 11.5. The van der Waals surface area contributed by atoms with Crippen LogP contribution in [0.25, 0.3) is 0 Å². The molecule has 1 aliphatic rings. The molecular formula is C11H18N2O3. The molecule has 0 spiro atoms. The zero-order valence-corrected chi connectivity index (χ0v) is 9.81. The summed E-state index contributed by atoms with van der Waals surface area (Å²) in [6, 6.07) is 0. The van der Waals surface area contributed by atoms with E-state index in [1.54, 1.807) is 0 Å². The van der Waals surface area contributed by atoms with Crippen molar-refractivity contribution in [3.63, 3.8) is 0 Å². The van der Waals surface area contributed by atoms with E-state index in [-0.39, 0.29) is 6.10 Å². The standard InChI is InChI=1S/C11H18N2O3/c1-3-8(2)15-7-10-12-11(13-16-10)9-4-5-14-6-9/h8-9H,3-7H2,1-2H3/t8-,9+/m1/s1. The molecule has 2 atom stereocenters. The van der Waals surface area contributed by atoms with E-state index in [4.69, 9.17) is 14.0 Å². The van der Waals surface area contributed by atoms with Crippen LogP contribution in [0, 0.1) is 0 Å². The predicted molar refractivity (Wildman–Crippen MR) is 57.0 cm³/mol. The highest BCUT2D eigenvalue weighted by atomic mass is 16.5. The number of hydrogen-bond donors (Lipinski definition) is 0. The third-order valence-corrected chi connectivity index (χ3v) is 2.84. The number of hydrogen-bond acceptors (Lipinski definition) is 5. The Morgan fingerprint density at radius 1 is 1.56 bits per heavy atom. The third kappa shape index (κ3) is 2.80. The number of aromatic nitrogens is 2. The van der Waals surface area contributed by atoms with Crippen LogP contribution in [0.3, 0.4) is 0 Å². The van der Waals surface area contributed by atoms with Gasteiger partial charge in [0.2, 0.25) is 0 Å². The zero-order chi connectivity index (χ0) is 11.4. The molecule has 0 radical (unpaired) electrons. The average Bonchev–Trinajstić information content (AvgIpc) is 2.95. The van der Waals surface area contributed by atoms with Crippen molar-refractivity contribution < 1.29 is 14.0 Å². The van der Waals surface area contributed by atoms with E-state index in [1.807, 2.05) is 6.92 Å². The second-order valence-corrected chi connectivity index (χ2v) is 4.14. The molecule has 5 heteroatoms. The van der Waals surface area contributed by atoms with E-state index in [9.17, 15) is 0 Å². The van der Waals surface area contributed by atoms with Gasteiger partial charge in [-0.2, -0.15) is 4.98 Å². The van der Waals surface area contributed by atoms with Crippen molar-refractivity contribution >= 4 is 0 Å². The van der Waals surface area contributed by atoms with Gasteiger partial charge in [0, 0.05) is 12.5 Å². The van der Waals surface area contributed by atoms with Gasteiger partial charge < -0.3 is 14.0 Å². The SMILES string of the molecule is CC[C@@H](C)OCc1nc([C@H]2CCOC2)no1. The van der Waals surface area contributed by atoms with E-state index in [0.717, 1.165) is 25.3 Å². The molecule has 90 valence electrons. The van der Waals surface area contributed by atoms with Gasteiger partial charge in [0.1, 0.15) is 6.61 Å². The monoisotopic (exact) mass is 226 g/mol. The molecule has 0 bridgehead atoms. The summed E-state index contributed by atoms with van der Waals surface area (Å²) in [5.74, 6) is 1.60. The Kier molecular flexibility index (Phi) is 3.90. The highest BCUT2D eigenvalue weighted by molar-refractivity contribution is 4.96. The van der Waals surface area contributed by atoms with Gasteiger partial charge in [0.25, 0.3) is 5.89 Å². The largest absolute Gasteiger partial charge is 0.381 e. The molecular weight excluding hydrogens is 208 g/mol. The maximum absolute atomic E-state index is 5.53. The highest BCUT2D eigenvalue weighted by Crippen LogP contribution is 2.22. The lowest BCUT2D eigenvalue weighted by Crippen LogP contribution is -2.06. The Labute approximate surface area is 95.1 Å². The summed E-state index contributed by atoms with van der Waals surface area (Å²) in [4.78, 5) is 4.32. The van der Waals surface area contributed by atoms with Crippen molar-refractivity contribution in [1.29, 1.82) is 0 Å². The molecule has 1 fully saturated rings. The van der Waals surface area contributed by atoms with Crippen LogP contribution in [0.5, 0.6) is 0 Å². The predicted octanol–water partition coefficient (Wildman–Crippen LogP) is 1.89. The normalized spacial score (nSPS) is 22.5. The topological polar surface area (TPSA) is 57.4 Å². The number of ether oxygens (including phenoxy) is 2. The van der Waals surface area contributed by atoms with Crippen LogP contribution in [-0.4, -0.2) is 29.5 Å². The summed E-state index contributed by atoms with van der Waals surface area (Å²) in [6.45, 7) is 6.00. The smallest absolute Gasteiger partial charge is 0.252 e. The molecule has 2 heterocycles. The maximum atomic E-state index is 5.53. The first-order valence-electron chi connectivity index (χ1n) is 5.81. The Morgan fingerprint density at radius 2 is 2.44 bits per heavy atom. The minimum atomic E-state index is 0.227. The van der Waals surface area contributed by atoms with Crippen LogP contribution >= 0.6 is 0 Å². The van der Waals surface area contributed by atoms with Crippen LogP contribution < -0.4 is 0 Å². The Hall–Kier alpha value is -0.940. The van der Waals surface area contributed by atoms with Crippen molar-refractivity contribution in [2.75, 3.05) is 13.2 Å². The van der Waals surface area contributed by atoms with Crippen molar-refractivity contribution in [1.82, 2.24) is 10.1 Å². The van der Waals surface area contributed by atoms with Crippen LogP contribution in [0.2, 0.25) is 0 Å². The molecule has 0 N–H and O–H groups in total. The zero-order valence-electron chi connectivity index (χ0n) is 9.81. The first-order chi connectivity index (χ1) is 7.79. The fourth-order valence-corrected chi connectivity index (χ4v) is 1.56. The lowest BCUT2D eigenvalue weighted by Gasteiger charge is -2.06. The molecule has 0 amide bonds. The highest BCUT2D eigenvalue weighted by Gasteiger charge is 2.23. The van der Waals surface area contributed by atoms with Gasteiger partial charge in [-0.15, -0.1) is 0 Å². The fraction of sp³-hybridized carbons (Fsp3) is 0.818. The molecule has 0 aromatic carbocycles. The third-order valence-electron chi connectivity index (χ3n) is 2.84. The molecule has 16 heavy (non-hydrogen) atoms. The van der Waals surface area contributed by atoms with Gasteiger partial charge in [-0.1, -0.05) is 12.1 Å². The minimum Gasteiger partial charge on any atom is -0.381 e. The van der Waals surface area contributed by atoms with Crippen molar-refractivity contribution in [2.24, 2.45) is 0 Å². The summed E-state index contributed by atoms with van der Waals surface area (Å²) < 4.78 is 15.9. The maximum Gasteiger partial charge on any atom is 0.252 e. The Balaban J connectivity index is 1.86. The van der Waals surface area contributed by atoms with E-state index < -0.39 is 0 Å². The molecule has 1 aromatic heterocycles. The minimum absolute atomic E-state index is 0.227. The summed E-state index contributed by atoms with van der Waals surface area (Å²) in [6.07, 6.45) is 2.19. The molecule has 1 aromatic rings. The lowest BCUT2D eigenvalue weighted by atomic mass is 10.1. The second-order valence-electron chi connectivity index (χ2n) is 4.14. The summed E-state index contributed by atoms with van der Waals surface area (Å²) in [5, 5.41) is 3.96. The van der Waals surface area contributed by atoms with Crippen molar-refractivity contribution in [2.45, 2.75) is 45.3 Å². The van der Waals surface area contributed by atoms with E-state index in [0.29, 0.717) is 25.0 Å². The average molecular weight is 226 g/mol. The number of nitrogens with zero attached hydrogens (tertiary/aromatic N) is 2. The molecule has 2 rings (SSSR count). The van der Waals surface area contributed by atoms with Gasteiger partial charge in [-0.05, 0) is 19.8 Å². The molecule has 0 saturated carbocycles. The van der Waals surface area contributed by atoms with Gasteiger partial charge in [-0.25, -0.2) is 0 Å². The Bertz CT molecular complexity index is 321. The Morgan fingerprint density at radius 3 is 3.12 bits per heavy atom. The van der Waals surface area contributed by atoms with Crippen LogP contribution in [-0.2, 0) is 16.1 Å². The van der Waals surface area contributed by atoms with Crippen LogP contribution in [0.1, 0.15) is 44.3 Å². The molecule has 1 saturated heterocycles. The fourth-order valence-electron chi connectivity index (χ4n) is 1.56. The summed E-state index contributed by atoms with van der Waals surface area (Å²) >= 11 is 0. The summed E-state index contributed by atoms with van der Waals surface area (Å²) in [7, 11) is 0. The van der Waals surface area contributed by atoms with Crippen LogP contribution in [0.15, 0.2) is 4.52 Å². The van der Waals surface area contributed by atoms with Crippen LogP contribution in [0.4, 0.5) is 0 Å². The molecule has 5 nitrogen and oxygen atoms in total. The molecule has 0 unspecified atom stereocenters. The van der Waals surface area contributed by atoms with Gasteiger partial charge in [-0.3, -0.25) is 0 Å². The summed E-state index contributed by atoms with van der Waals surface area (Å²) in [5.41, 5.74) is 0. The van der Waals surface area contributed by atoms with Gasteiger partial charge in [0.15, 0.2) is 5.82 Å².